The molecule has 1 aliphatic rings. The van der Waals surface area contributed by atoms with Crippen LogP contribution in [0, 0.1) is 0 Å². The fraction of sp³-hybridized carbons (Fsp3) is 0.231. The molecule has 2 heterocycles. The number of amides is 1. The van der Waals surface area contributed by atoms with Gasteiger partial charge < -0.3 is 15.4 Å². The Morgan fingerprint density at radius 3 is 2.53 bits per heavy atom. The number of hydrogen-bond donors (Lipinski definition) is 1. The number of benzene rings is 2. The van der Waals surface area contributed by atoms with Gasteiger partial charge >= 0.3 is 0 Å². The number of carbonyl (C=O) groups excluding carboxylic acids is 1. The van der Waals surface area contributed by atoms with Crippen LogP contribution in [0.4, 0.5) is 5.82 Å². The molecular formula is C26H28N6O2. The SMILES string of the molecule is C=CC(=O)N1CCC[C@@H](n2nc(-c3ccc(Oc4ccccc4)cc3)c(/C(N)=N\C)c2N=C)C1. The zero-order chi connectivity index (χ0) is 24.1. The van der Waals surface area contributed by atoms with Crippen molar-refractivity contribution in [1.82, 2.24) is 14.7 Å². The number of likely N-dealkylation sites (tertiary alicyclic amines) is 1. The predicted octanol–water partition coefficient (Wildman–Crippen LogP) is 4.36. The first kappa shape index (κ1) is 23.0. The van der Waals surface area contributed by atoms with Crippen LogP contribution in [0.2, 0.25) is 0 Å². The van der Waals surface area contributed by atoms with Gasteiger partial charge in [-0.05, 0) is 62.0 Å². The monoisotopic (exact) mass is 456 g/mol. The standard InChI is InChI=1S/C26H28N6O2/c1-4-22(33)31-16-8-9-19(17-31)32-26(29-3)23(25(27)28-2)24(30-32)18-12-14-21(15-13-18)34-20-10-6-5-7-11-20/h4-7,10-15,19H,1,3,8-9,16-17H2,2H3,(H2,27,28)/t19-/m1/s1. The van der Waals surface area contributed by atoms with Crippen LogP contribution in [0.15, 0.2) is 77.2 Å². The predicted molar refractivity (Wildman–Crippen MR) is 135 cm³/mol. The number of aliphatic imine (C=N–C) groups is 2. The lowest BCUT2D eigenvalue weighted by atomic mass is 10.0. The maximum absolute atomic E-state index is 12.2. The summed E-state index contributed by atoms with van der Waals surface area (Å²) in [6, 6.07) is 17.2. The Hall–Kier alpha value is -4.20. The third-order valence-electron chi connectivity index (χ3n) is 5.87. The van der Waals surface area contributed by atoms with Crippen molar-refractivity contribution in [3.63, 3.8) is 0 Å². The largest absolute Gasteiger partial charge is 0.457 e. The summed E-state index contributed by atoms with van der Waals surface area (Å²) in [7, 11) is 1.63. The molecule has 1 aromatic heterocycles. The highest BCUT2D eigenvalue weighted by atomic mass is 16.5. The van der Waals surface area contributed by atoms with E-state index in [4.69, 9.17) is 15.6 Å². The molecular weight excluding hydrogens is 428 g/mol. The van der Waals surface area contributed by atoms with Gasteiger partial charge in [-0.3, -0.25) is 9.79 Å². The number of hydrogen-bond acceptors (Lipinski definition) is 5. The van der Waals surface area contributed by atoms with Crippen molar-refractivity contribution in [1.29, 1.82) is 0 Å². The maximum Gasteiger partial charge on any atom is 0.246 e. The first-order valence-corrected chi connectivity index (χ1v) is 11.1. The van der Waals surface area contributed by atoms with Crippen molar-refractivity contribution >= 4 is 24.3 Å². The molecule has 34 heavy (non-hydrogen) atoms. The number of piperidine rings is 1. The molecule has 0 radical (unpaired) electrons. The van der Waals surface area contributed by atoms with Crippen molar-refractivity contribution in [2.45, 2.75) is 18.9 Å². The third-order valence-corrected chi connectivity index (χ3v) is 5.87. The number of para-hydroxylation sites is 1. The fourth-order valence-corrected chi connectivity index (χ4v) is 4.17. The Labute approximate surface area is 199 Å². The van der Waals surface area contributed by atoms with Crippen LogP contribution in [0.3, 0.4) is 0 Å². The zero-order valence-electron chi connectivity index (χ0n) is 19.2. The van der Waals surface area contributed by atoms with Crippen molar-refractivity contribution in [3.8, 4) is 22.8 Å². The van der Waals surface area contributed by atoms with Gasteiger partial charge in [-0.25, -0.2) is 9.67 Å². The summed E-state index contributed by atoms with van der Waals surface area (Å²) < 4.78 is 7.74. The van der Waals surface area contributed by atoms with E-state index in [0.29, 0.717) is 41.7 Å². The van der Waals surface area contributed by atoms with Crippen LogP contribution >= 0.6 is 0 Å². The minimum Gasteiger partial charge on any atom is -0.457 e. The van der Waals surface area contributed by atoms with Gasteiger partial charge in [-0.1, -0.05) is 24.8 Å². The van der Waals surface area contributed by atoms with Crippen molar-refractivity contribution in [3.05, 3.63) is 72.8 Å². The lowest BCUT2D eigenvalue weighted by molar-refractivity contribution is -0.127. The summed E-state index contributed by atoms with van der Waals surface area (Å²) in [4.78, 5) is 22.4. The van der Waals surface area contributed by atoms with Crippen LogP contribution in [0.5, 0.6) is 11.5 Å². The molecule has 1 atom stereocenters. The van der Waals surface area contributed by atoms with Crippen LogP contribution in [0.1, 0.15) is 24.4 Å². The Morgan fingerprint density at radius 2 is 1.88 bits per heavy atom. The molecule has 174 valence electrons. The Kier molecular flexibility index (Phi) is 6.87. The summed E-state index contributed by atoms with van der Waals surface area (Å²) in [5.74, 6) is 2.25. The van der Waals surface area contributed by atoms with Crippen LogP contribution < -0.4 is 10.5 Å². The molecule has 0 bridgehead atoms. The van der Waals surface area contributed by atoms with Crippen molar-refractivity contribution in [2.24, 2.45) is 15.7 Å². The van der Waals surface area contributed by atoms with Crippen molar-refractivity contribution in [2.75, 3.05) is 20.1 Å². The van der Waals surface area contributed by atoms with Gasteiger partial charge in [-0.15, -0.1) is 0 Å². The molecule has 1 amide bonds. The number of nitrogens with two attached hydrogens (primary N) is 1. The molecule has 4 rings (SSSR count). The number of aromatic nitrogens is 2. The molecule has 0 unspecified atom stereocenters. The Morgan fingerprint density at radius 1 is 1.18 bits per heavy atom. The third kappa shape index (κ3) is 4.61. The van der Waals surface area contributed by atoms with Gasteiger partial charge in [-0.2, -0.15) is 5.10 Å². The zero-order valence-corrected chi connectivity index (χ0v) is 19.2. The fourth-order valence-electron chi connectivity index (χ4n) is 4.17. The van der Waals surface area contributed by atoms with E-state index >= 15 is 0 Å². The second-order valence-electron chi connectivity index (χ2n) is 7.98. The smallest absolute Gasteiger partial charge is 0.246 e. The molecule has 0 aliphatic carbocycles. The first-order valence-electron chi connectivity index (χ1n) is 11.1. The molecule has 3 aromatic rings. The first-order chi connectivity index (χ1) is 16.5. The van der Waals surface area contributed by atoms with E-state index in [0.717, 1.165) is 24.2 Å². The lowest BCUT2D eigenvalue weighted by Crippen LogP contribution is -2.40. The van der Waals surface area contributed by atoms with Crippen LogP contribution in [0.25, 0.3) is 11.3 Å². The summed E-state index contributed by atoms with van der Waals surface area (Å²) in [6.45, 7) is 8.58. The van der Waals surface area contributed by atoms with Crippen molar-refractivity contribution < 1.29 is 9.53 Å². The quantitative estimate of drug-likeness (QED) is 0.324. The molecule has 0 spiro atoms. The van der Waals surface area contributed by atoms with Gasteiger partial charge in [0.25, 0.3) is 0 Å². The molecule has 0 saturated carbocycles. The van der Waals surface area contributed by atoms with Gasteiger partial charge in [0.2, 0.25) is 5.91 Å². The molecule has 2 N–H and O–H groups in total. The van der Waals surface area contributed by atoms with Gasteiger partial charge in [0, 0.05) is 25.7 Å². The summed E-state index contributed by atoms with van der Waals surface area (Å²) in [5.41, 5.74) is 8.42. The van der Waals surface area contributed by atoms with E-state index in [1.807, 2.05) is 59.3 Å². The summed E-state index contributed by atoms with van der Waals surface area (Å²) in [5, 5.41) is 4.89. The van der Waals surface area contributed by atoms with Crippen LogP contribution in [-0.4, -0.2) is 53.3 Å². The normalized spacial score (nSPS) is 16.2. The van der Waals surface area contributed by atoms with E-state index < -0.39 is 0 Å². The molecule has 1 fully saturated rings. The summed E-state index contributed by atoms with van der Waals surface area (Å²) in [6.07, 6.45) is 3.06. The van der Waals surface area contributed by atoms with E-state index in [1.54, 1.807) is 11.9 Å². The number of rotatable bonds is 7. The molecule has 8 heteroatoms. The van der Waals surface area contributed by atoms with E-state index in [9.17, 15) is 4.79 Å². The minimum absolute atomic E-state index is 0.0593. The van der Waals surface area contributed by atoms with E-state index in [1.165, 1.54) is 6.08 Å². The number of carbonyl (C=O) groups is 1. The Bertz CT molecular complexity index is 1210. The highest BCUT2D eigenvalue weighted by Crippen LogP contribution is 2.36. The van der Waals surface area contributed by atoms with E-state index in [2.05, 4.69) is 23.3 Å². The number of amidine groups is 1. The van der Waals surface area contributed by atoms with Gasteiger partial charge in [0.15, 0.2) is 5.82 Å². The topological polar surface area (TPSA) is 98.1 Å². The lowest BCUT2D eigenvalue weighted by Gasteiger charge is -2.32. The molecule has 1 saturated heterocycles. The highest BCUT2D eigenvalue weighted by molar-refractivity contribution is 6.06. The molecule has 2 aromatic carbocycles. The summed E-state index contributed by atoms with van der Waals surface area (Å²) >= 11 is 0. The second kappa shape index (κ2) is 10.2. The molecule has 8 nitrogen and oxygen atoms in total. The highest BCUT2D eigenvalue weighted by Gasteiger charge is 2.29. The Balaban J connectivity index is 1.71. The average molecular weight is 457 g/mol. The number of ether oxygens (including phenoxy) is 1. The maximum atomic E-state index is 12.2. The van der Waals surface area contributed by atoms with Gasteiger partial charge in [0.05, 0.1) is 11.6 Å². The van der Waals surface area contributed by atoms with Gasteiger partial charge in [0.1, 0.15) is 23.0 Å². The minimum atomic E-state index is -0.0888. The molecule has 1 aliphatic heterocycles. The second-order valence-corrected chi connectivity index (χ2v) is 7.98. The number of nitrogens with zero attached hydrogens (tertiary/aromatic N) is 5. The van der Waals surface area contributed by atoms with Crippen LogP contribution in [-0.2, 0) is 4.79 Å². The van der Waals surface area contributed by atoms with E-state index in [-0.39, 0.29) is 11.9 Å². The average Bonchev–Trinajstić information content (AvgIpc) is 3.28.